The molecule has 2 aliphatic rings. The summed E-state index contributed by atoms with van der Waals surface area (Å²) in [4.78, 5) is 11.1. The first kappa shape index (κ1) is 24.3. The highest BCUT2D eigenvalue weighted by Crippen LogP contribution is 2.50. The summed E-state index contributed by atoms with van der Waals surface area (Å²) < 4.78 is 12.5. The number of hydrogen-bond donors (Lipinski definition) is 1. The molecule has 0 amide bonds. The van der Waals surface area contributed by atoms with Crippen molar-refractivity contribution in [3.8, 4) is 0 Å². The van der Waals surface area contributed by atoms with Crippen molar-refractivity contribution < 1.29 is 13.9 Å². The van der Waals surface area contributed by atoms with Crippen LogP contribution in [0.1, 0.15) is 38.8 Å². The van der Waals surface area contributed by atoms with Crippen molar-refractivity contribution in [3.05, 3.63) is 132 Å². The molecular formula is C30H31O3P. The molecular weight excluding hydrogens is 439 g/mol. The molecule has 2 aliphatic carbocycles. The van der Waals surface area contributed by atoms with Crippen LogP contribution in [0.2, 0.25) is 0 Å². The predicted molar refractivity (Wildman–Crippen MR) is 143 cm³/mol. The van der Waals surface area contributed by atoms with Gasteiger partial charge < -0.3 is 4.89 Å². The summed E-state index contributed by atoms with van der Waals surface area (Å²) in [5.74, 6) is 0. The molecule has 4 rings (SSSR count). The highest BCUT2D eigenvalue weighted by atomic mass is 31.2. The molecule has 3 nitrogen and oxygen atoms in total. The molecule has 0 saturated carbocycles. The second kappa shape index (κ2) is 10.2. The molecule has 0 radical (unpaired) electrons. The second-order valence-corrected chi connectivity index (χ2v) is 9.72. The molecule has 0 heterocycles. The number of rotatable bonds is 6. The number of benzene rings is 2. The molecule has 174 valence electrons. The molecule has 34 heavy (non-hydrogen) atoms. The molecule has 4 heteroatoms. The van der Waals surface area contributed by atoms with Crippen molar-refractivity contribution in [2.45, 2.75) is 38.9 Å². The molecule has 2 atom stereocenters. The molecule has 0 aromatic heterocycles. The van der Waals surface area contributed by atoms with Gasteiger partial charge in [0.15, 0.2) is 0 Å². The van der Waals surface area contributed by atoms with Crippen LogP contribution in [0, 0.1) is 0 Å². The first-order valence-corrected chi connectivity index (χ1v) is 12.6. The quantitative estimate of drug-likeness (QED) is 0.435. The van der Waals surface area contributed by atoms with Crippen LogP contribution in [0.4, 0.5) is 0 Å². The van der Waals surface area contributed by atoms with Gasteiger partial charge in [-0.1, -0.05) is 97.1 Å². The smallest absolute Gasteiger partial charge is 0.328 e. The summed E-state index contributed by atoms with van der Waals surface area (Å²) in [5, 5.41) is 0. The van der Waals surface area contributed by atoms with Crippen LogP contribution in [0.15, 0.2) is 120 Å². The Morgan fingerprint density at radius 1 is 0.647 bits per heavy atom. The average Bonchev–Trinajstić information content (AvgIpc) is 2.84. The van der Waals surface area contributed by atoms with Gasteiger partial charge in [-0.3, -0.25) is 9.05 Å². The van der Waals surface area contributed by atoms with Gasteiger partial charge in [0.25, 0.3) is 0 Å². The van der Waals surface area contributed by atoms with Crippen LogP contribution < -0.4 is 0 Å². The maximum atomic E-state index is 11.1. The first-order valence-electron chi connectivity index (χ1n) is 11.4. The van der Waals surface area contributed by atoms with Crippen LogP contribution in [-0.2, 0) is 9.05 Å². The zero-order valence-electron chi connectivity index (χ0n) is 20.1. The number of hydrogen-bond acceptors (Lipinski definition) is 3. The van der Waals surface area contributed by atoms with E-state index in [2.05, 4.69) is 38.1 Å². The minimum Gasteiger partial charge on any atom is -0.328 e. The highest BCUT2D eigenvalue weighted by molar-refractivity contribution is 7.40. The van der Waals surface area contributed by atoms with Crippen molar-refractivity contribution in [2.24, 2.45) is 0 Å². The Labute approximate surface area is 204 Å². The Morgan fingerprint density at radius 2 is 1.03 bits per heavy atom. The summed E-state index contributed by atoms with van der Waals surface area (Å²) in [6.45, 7) is 8.09. The van der Waals surface area contributed by atoms with Gasteiger partial charge in [-0.2, -0.15) is 0 Å². The molecule has 1 N–H and O–H groups in total. The van der Waals surface area contributed by atoms with E-state index >= 15 is 0 Å². The fourth-order valence-electron chi connectivity index (χ4n) is 4.48. The lowest BCUT2D eigenvalue weighted by molar-refractivity contribution is 0.0899. The van der Waals surface area contributed by atoms with Gasteiger partial charge in [0.05, 0.1) is 0 Å². The lowest BCUT2D eigenvalue weighted by Crippen LogP contribution is -2.32. The van der Waals surface area contributed by atoms with E-state index < -0.39 is 19.8 Å². The largest absolute Gasteiger partial charge is 0.332 e. The van der Waals surface area contributed by atoms with E-state index in [4.69, 9.17) is 9.05 Å². The van der Waals surface area contributed by atoms with Gasteiger partial charge in [0, 0.05) is 0 Å². The Balaban J connectivity index is 1.61. The van der Waals surface area contributed by atoms with Gasteiger partial charge in [-0.05, 0) is 73.3 Å². The maximum Gasteiger partial charge on any atom is 0.332 e. The van der Waals surface area contributed by atoms with Crippen molar-refractivity contribution in [1.29, 1.82) is 0 Å². The lowest BCUT2D eigenvalue weighted by atomic mass is 9.86. The lowest BCUT2D eigenvalue weighted by Gasteiger charge is -2.37. The minimum atomic E-state index is -2.20. The summed E-state index contributed by atoms with van der Waals surface area (Å²) in [6, 6.07) is 20.4. The average molecular weight is 471 g/mol. The third-order valence-electron chi connectivity index (χ3n) is 6.40. The van der Waals surface area contributed by atoms with Gasteiger partial charge in [-0.25, -0.2) is 0 Å². The molecule has 2 aromatic carbocycles. The van der Waals surface area contributed by atoms with Gasteiger partial charge >= 0.3 is 8.60 Å². The van der Waals surface area contributed by atoms with Crippen LogP contribution >= 0.6 is 8.60 Å². The van der Waals surface area contributed by atoms with E-state index in [1.807, 2.05) is 98.9 Å². The Bertz CT molecular complexity index is 1110. The first-order chi connectivity index (χ1) is 16.3. The van der Waals surface area contributed by atoms with Crippen molar-refractivity contribution in [3.63, 3.8) is 0 Å². The van der Waals surface area contributed by atoms with Crippen molar-refractivity contribution in [2.75, 3.05) is 0 Å². The molecule has 2 unspecified atom stereocenters. The molecule has 0 bridgehead atoms. The fraction of sp³-hybridized carbons (Fsp3) is 0.200. The van der Waals surface area contributed by atoms with E-state index in [1.54, 1.807) is 0 Å². The zero-order valence-corrected chi connectivity index (χ0v) is 21.0. The Morgan fingerprint density at radius 3 is 1.41 bits per heavy atom. The third-order valence-corrected chi connectivity index (χ3v) is 7.47. The van der Waals surface area contributed by atoms with E-state index in [0.29, 0.717) is 0 Å². The van der Waals surface area contributed by atoms with E-state index in [1.165, 1.54) is 0 Å². The fourth-order valence-corrected chi connectivity index (χ4v) is 5.48. The second-order valence-electron chi connectivity index (χ2n) is 8.88. The summed E-state index contributed by atoms with van der Waals surface area (Å²) in [7, 11) is -2.20. The van der Waals surface area contributed by atoms with Gasteiger partial charge in [0.2, 0.25) is 0 Å². The van der Waals surface area contributed by atoms with Crippen LogP contribution in [-0.4, -0.2) is 16.1 Å². The minimum absolute atomic E-state index is 0.821. The molecule has 0 spiro atoms. The molecule has 0 aliphatic heterocycles. The SMILES string of the molecule is CC(=C1C=CC=CC1(C)OP(O)OC1(C)C=CC=CC1=C(C)c1ccccc1)c1ccccc1. The molecule has 0 saturated heterocycles. The predicted octanol–water partition coefficient (Wildman–Crippen LogP) is 7.96. The Kier molecular flexibility index (Phi) is 7.30. The zero-order chi connectivity index (χ0) is 24.2. The van der Waals surface area contributed by atoms with Gasteiger partial charge in [0.1, 0.15) is 11.2 Å². The molecule has 0 fully saturated rings. The molecule has 2 aromatic rings. The van der Waals surface area contributed by atoms with E-state index in [9.17, 15) is 4.89 Å². The topological polar surface area (TPSA) is 38.7 Å². The maximum absolute atomic E-state index is 11.1. The summed E-state index contributed by atoms with van der Waals surface area (Å²) in [6.07, 6.45) is 15.9. The van der Waals surface area contributed by atoms with Crippen molar-refractivity contribution >= 4 is 19.7 Å². The third kappa shape index (κ3) is 5.14. The van der Waals surface area contributed by atoms with Gasteiger partial charge in [-0.15, -0.1) is 0 Å². The Hall–Kier alpha value is -2.81. The number of allylic oxidation sites excluding steroid dienone is 6. The van der Waals surface area contributed by atoms with Crippen LogP contribution in [0.3, 0.4) is 0 Å². The monoisotopic (exact) mass is 470 g/mol. The van der Waals surface area contributed by atoms with E-state index in [-0.39, 0.29) is 0 Å². The summed E-state index contributed by atoms with van der Waals surface area (Å²) in [5.41, 5.74) is 4.77. The van der Waals surface area contributed by atoms with Crippen molar-refractivity contribution in [1.82, 2.24) is 0 Å². The standard InChI is InChI=1S/C30H31O3P/c1-23(25-15-7-5-8-16-25)27-19-11-13-21-29(27,3)32-34(31)33-30(4)22-14-12-20-28(30)24(2)26-17-9-6-10-18-26/h5-22,31H,1-4H3. The van der Waals surface area contributed by atoms with Crippen LogP contribution in [0.5, 0.6) is 0 Å². The van der Waals surface area contributed by atoms with Crippen LogP contribution in [0.25, 0.3) is 11.1 Å². The van der Waals surface area contributed by atoms with E-state index in [0.717, 1.165) is 33.4 Å². The highest BCUT2D eigenvalue weighted by Gasteiger charge is 2.38. The normalized spacial score (nSPS) is 27.6. The summed E-state index contributed by atoms with van der Waals surface area (Å²) >= 11 is 0.